The molecule has 7 aromatic rings. The monoisotopic (exact) mass is 435 g/mol. The van der Waals surface area contributed by atoms with Gasteiger partial charge in [-0.15, -0.1) is 0 Å². The fraction of sp³-hybridized carbons (Fsp3) is 0. The lowest BCUT2D eigenvalue weighted by molar-refractivity contribution is 1.07. The molecule has 3 heteroatoms. The van der Waals surface area contributed by atoms with Gasteiger partial charge >= 0.3 is 0 Å². The molecule has 0 atom stereocenters. The quantitative estimate of drug-likeness (QED) is 0.278. The molecule has 0 aliphatic rings. The van der Waals surface area contributed by atoms with Crippen LogP contribution in [0.15, 0.2) is 128 Å². The third-order valence-electron chi connectivity index (χ3n) is 6.60. The lowest BCUT2D eigenvalue weighted by atomic mass is 10.1. The fourth-order valence-electron chi connectivity index (χ4n) is 5.07. The van der Waals surface area contributed by atoms with Gasteiger partial charge in [-0.05, 0) is 47.5 Å². The third kappa shape index (κ3) is 2.81. The Morgan fingerprint density at radius 1 is 0.559 bits per heavy atom. The Bertz CT molecular complexity index is 1790. The molecule has 0 saturated carbocycles. The Labute approximate surface area is 197 Å². The van der Waals surface area contributed by atoms with Crippen LogP contribution in [0.3, 0.4) is 0 Å². The molecule has 3 nitrogen and oxygen atoms in total. The van der Waals surface area contributed by atoms with Crippen LogP contribution in [-0.4, -0.2) is 14.1 Å². The van der Waals surface area contributed by atoms with Crippen molar-refractivity contribution in [2.24, 2.45) is 0 Å². The van der Waals surface area contributed by atoms with Crippen LogP contribution < -0.4 is 0 Å². The van der Waals surface area contributed by atoms with Crippen LogP contribution in [0.2, 0.25) is 0 Å². The van der Waals surface area contributed by atoms with Gasteiger partial charge in [0.25, 0.3) is 0 Å². The summed E-state index contributed by atoms with van der Waals surface area (Å²) in [7, 11) is 0. The zero-order valence-corrected chi connectivity index (χ0v) is 18.5. The number of benzene rings is 4. The summed E-state index contributed by atoms with van der Waals surface area (Å²) in [4.78, 5) is 4.85. The average Bonchev–Trinajstić information content (AvgIpc) is 3.49. The van der Waals surface area contributed by atoms with Crippen molar-refractivity contribution in [3.63, 3.8) is 0 Å². The number of aromatic nitrogens is 3. The van der Waals surface area contributed by atoms with E-state index in [0.29, 0.717) is 0 Å². The van der Waals surface area contributed by atoms with Crippen molar-refractivity contribution < 1.29 is 0 Å². The standard InChI is InChI=1S/C31H21N3/c1-3-9-22(10-4-1)24-17-19-32-29(21-24)34-28-14-8-7-13-26(28)27-16-15-23-18-20-33(30(23)31(27)34)25-11-5-2-6-12-25/h1-21H. The molecule has 0 fully saturated rings. The van der Waals surface area contributed by atoms with E-state index in [1.807, 2.05) is 12.3 Å². The predicted molar refractivity (Wildman–Crippen MR) is 141 cm³/mol. The van der Waals surface area contributed by atoms with Crippen molar-refractivity contribution in [1.29, 1.82) is 0 Å². The lowest BCUT2D eigenvalue weighted by Crippen LogP contribution is -2.00. The highest BCUT2D eigenvalue weighted by Crippen LogP contribution is 2.37. The highest BCUT2D eigenvalue weighted by molar-refractivity contribution is 6.18. The van der Waals surface area contributed by atoms with E-state index in [1.165, 1.54) is 32.8 Å². The Hall–Kier alpha value is -4.63. The zero-order valence-electron chi connectivity index (χ0n) is 18.5. The summed E-state index contributed by atoms with van der Waals surface area (Å²) >= 11 is 0. The molecule has 0 spiro atoms. The summed E-state index contributed by atoms with van der Waals surface area (Å²) < 4.78 is 4.60. The molecule has 3 aromatic heterocycles. The molecule has 34 heavy (non-hydrogen) atoms. The maximum Gasteiger partial charge on any atom is 0.138 e. The number of rotatable bonds is 3. The van der Waals surface area contributed by atoms with Crippen LogP contribution in [0.5, 0.6) is 0 Å². The Morgan fingerprint density at radius 3 is 2.18 bits per heavy atom. The molecular weight excluding hydrogens is 414 g/mol. The number of fused-ring (bicyclic) bond motifs is 5. The minimum absolute atomic E-state index is 0.917. The Kier molecular flexibility index (Phi) is 4.15. The number of pyridine rings is 1. The first-order valence-electron chi connectivity index (χ1n) is 11.5. The lowest BCUT2D eigenvalue weighted by Gasteiger charge is -2.12. The number of nitrogens with zero attached hydrogens (tertiary/aromatic N) is 3. The van der Waals surface area contributed by atoms with Gasteiger partial charge in [0.05, 0.1) is 16.6 Å². The minimum Gasteiger partial charge on any atom is -0.315 e. The van der Waals surface area contributed by atoms with E-state index in [-0.39, 0.29) is 0 Å². The summed E-state index contributed by atoms with van der Waals surface area (Å²) in [6.07, 6.45) is 4.07. The van der Waals surface area contributed by atoms with Gasteiger partial charge in [-0.2, -0.15) is 0 Å². The van der Waals surface area contributed by atoms with E-state index >= 15 is 0 Å². The van der Waals surface area contributed by atoms with Gasteiger partial charge in [0, 0.05) is 34.2 Å². The van der Waals surface area contributed by atoms with Crippen LogP contribution in [0, 0.1) is 0 Å². The molecule has 0 radical (unpaired) electrons. The van der Waals surface area contributed by atoms with Crippen molar-refractivity contribution in [3.05, 3.63) is 128 Å². The number of hydrogen-bond donors (Lipinski definition) is 0. The Balaban J connectivity index is 1.61. The second-order valence-electron chi connectivity index (χ2n) is 8.54. The van der Waals surface area contributed by atoms with Gasteiger partial charge in [-0.25, -0.2) is 4.98 Å². The third-order valence-corrected chi connectivity index (χ3v) is 6.60. The largest absolute Gasteiger partial charge is 0.315 e. The maximum atomic E-state index is 4.85. The van der Waals surface area contributed by atoms with Gasteiger partial charge in [0.2, 0.25) is 0 Å². The van der Waals surface area contributed by atoms with E-state index in [9.17, 15) is 0 Å². The molecule has 0 bridgehead atoms. The van der Waals surface area contributed by atoms with Crippen molar-refractivity contribution in [2.45, 2.75) is 0 Å². The minimum atomic E-state index is 0.917. The van der Waals surface area contributed by atoms with Gasteiger partial charge < -0.3 is 4.57 Å². The Morgan fingerprint density at radius 2 is 1.32 bits per heavy atom. The molecular formula is C31H21N3. The second kappa shape index (κ2) is 7.46. The highest BCUT2D eigenvalue weighted by Gasteiger charge is 2.18. The summed E-state index contributed by atoms with van der Waals surface area (Å²) in [5.74, 6) is 0.917. The first-order chi connectivity index (χ1) is 16.9. The number of para-hydroxylation sites is 2. The van der Waals surface area contributed by atoms with Crippen molar-refractivity contribution in [2.75, 3.05) is 0 Å². The molecule has 3 heterocycles. The highest BCUT2D eigenvalue weighted by atomic mass is 15.1. The van der Waals surface area contributed by atoms with E-state index < -0.39 is 0 Å². The van der Waals surface area contributed by atoms with Crippen molar-refractivity contribution in [1.82, 2.24) is 14.1 Å². The van der Waals surface area contributed by atoms with E-state index in [4.69, 9.17) is 4.98 Å². The smallest absolute Gasteiger partial charge is 0.138 e. The summed E-state index contributed by atoms with van der Waals surface area (Å²) in [6, 6.07) is 40.6. The van der Waals surface area contributed by atoms with Gasteiger partial charge in [-0.1, -0.05) is 78.9 Å². The normalized spacial score (nSPS) is 11.5. The molecule has 160 valence electrons. The van der Waals surface area contributed by atoms with Crippen LogP contribution in [-0.2, 0) is 0 Å². The summed E-state index contributed by atoms with van der Waals surface area (Å²) in [6.45, 7) is 0. The van der Waals surface area contributed by atoms with Crippen molar-refractivity contribution in [3.8, 4) is 22.6 Å². The van der Waals surface area contributed by atoms with Crippen LogP contribution in [0.4, 0.5) is 0 Å². The fourth-order valence-corrected chi connectivity index (χ4v) is 5.07. The second-order valence-corrected chi connectivity index (χ2v) is 8.54. The first-order valence-corrected chi connectivity index (χ1v) is 11.5. The summed E-state index contributed by atoms with van der Waals surface area (Å²) in [5.41, 5.74) is 7.00. The van der Waals surface area contributed by atoms with Gasteiger partial charge in [0.1, 0.15) is 5.82 Å². The molecule has 0 aliphatic heterocycles. The predicted octanol–water partition coefficient (Wildman–Crippen LogP) is 7.79. The van der Waals surface area contributed by atoms with Crippen LogP contribution in [0.25, 0.3) is 55.3 Å². The van der Waals surface area contributed by atoms with E-state index in [1.54, 1.807) is 0 Å². The summed E-state index contributed by atoms with van der Waals surface area (Å²) in [5, 5.41) is 3.66. The van der Waals surface area contributed by atoms with Crippen LogP contribution >= 0.6 is 0 Å². The van der Waals surface area contributed by atoms with E-state index in [0.717, 1.165) is 22.6 Å². The molecule has 0 unspecified atom stereocenters. The SMILES string of the molecule is c1ccc(-c2ccnc(-n3c4ccccc4c4ccc5ccn(-c6ccccc6)c5c43)c2)cc1. The topological polar surface area (TPSA) is 22.8 Å². The maximum absolute atomic E-state index is 4.85. The van der Waals surface area contributed by atoms with Gasteiger partial charge in [0.15, 0.2) is 0 Å². The van der Waals surface area contributed by atoms with Crippen molar-refractivity contribution >= 4 is 32.7 Å². The molecule has 0 aliphatic carbocycles. The van der Waals surface area contributed by atoms with Gasteiger partial charge in [-0.3, -0.25) is 4.57 Å². The number of hydrogen-bond acceptors (Lipinski definition) is 1. The first kappa shape index (κ1) is 18.9. The zero-order chi connectivity index (χ0) is 22.5. The molecule has 0 amide bonds. The average molecular weight is 436 g/mol. The van der Waals surface area contributed by atoms with E-state index in [2.05, 4.69) is 125 Å². The molecule has 0 N–H and O–H groups in total. The molecule has 7 rings (SSSR count). The molecule has 4 aromatic carbocycles. The molecule has 0 saturated heterocycles. The van der Waals surface area contributed by atoms with Crippen LogP contribution in [0.1, 0.15) is 0 Å².